The highest BCUT2D eigenvalue weighted by Crippen LogP contribution is 2.20. The van der Waals surface area contributed by atoms with E-state index in [1.165, 1.54) is 0 Å². The van der Waals surface area contributed by atoms with Crippen LogP contribution in [-0.2, 0) is 11.3 Å². The fraction of sp³-hybridized carbons (Fsp3) is 0.500. The van der Waals surface area contributed by atoms with E-state index in [0.717, 1.165) is 30.5 Å². The lowest BCUT2D eigenvalue weighted by molar-refractivity contribution is 0.0746. The molecule has 138 valence electrons. The van der Waals surface area contributed by atoms with Crippen LogP contribution >= 0.6 is 0 Å². The first-order valence-electron chi connectivity index (χ1n) is 9.01. The average Bonchev–Trinajstić information content (AvgIpc) is 3.21. The number of carbonyl (C=O) groups is 1. The average molecular weight is 357 g/mol. The number of carbonyl (C=O) groups excluding carboxylic acids is 1. The molecule has 0 unspecified atom stereocenters. The molecule has 8 heteroatoms. The highest BCUT2D eigenvalue weighted by atomic mass is 16.5. The van der Waals surface area contributed by atoms with Crippen molar-refractivity contribution in [3.05, 3.63) is 36.5 Å². The maximum absolute atomic E-state index is 12.1. The Labute approximate surface area is 151 Å². The minimum Gasteiger partial charge on any atom is -0.388 e. The lowest BCUT2D eigenvalue weighted by Crippen LogP contribution is -2.54. The van der Waals surface area contributed by atoms with Gasteiger partial charge in [0.1, 0.15) is 17.9 Å². The summed E-state index contributed by atoms with van der Waals surface area (Å²) in [7, 11) is 0. The van der Waals surface area contributed by atoms with Gasteiger partial charge in [-0.2, -0.15) is 0 Å². The van der Waals surface area contributed by atoms with Gasteiger partial charge < -0.3 is 20.5 Å². The molecule has 8 nitrogen and oxygen atoms in total. The molecule has 3 N–H and O–H groups in total. The van der Waals surface area contributed by atoms with Crippen LogP contribution in [0.5, 0.6) is 0 Å². The van der Waals surface area contributed by atoms with Crippen LogP contribution in [0.25, 0.3) is 11.3 Å². The molecule has 1 aliphatic carbocycles. The predicted octanol–water partition coefficient (Wildman–Crippen LogP) is 0.925. The van der Waals surface area contributed by atoms with Crippen molar-refractivity contribution in [2.75, 3.05) is 6.61 Å². The summed E-state index contributed by atoms with van der Waals surface area (Å²) in [6, 6.07) is 9.32. The number of nitrogens with zero attached hydrogens (tertiary/aromatic N) is 3. The summed E-state index contributed by atoms with van der Waals surface area (Å²) in [5.41, 5.74) is 1.76. The molecule has 2 heterocycles. The van der Waals surface area contributed by atoms with E-state index in [1.807, 2.05) is 36.5 Å². The molecule has 1 saturated carbocycles. The summed E-state index contributed by atoms with van der Waals surface area (Å²) < 4.78 is 7.35. The standard InChI is InChI=1S/C18H23N5O3/c24-15-11-26-16(17(15)20-18(25)19-13-7-4-8-13)10-23-9-14(21-22-23)12-5-2-1-3-6-12/h1-3,5-6,9,13,15-17,24H,4,7-8,10-11H2,(H2,19,20,25)/t15-,16+,17+/m0/s1. The number of hydrogen-bond acceptors (Lipinski definition) is 5. The van der Waals surface area contributed by atoms with Crippen LogP contribution in [0.3, 0.4) is 0 Å². The number of rotatable bonds is 5. The second-order valence-corrected chi connectivity index (χ2v) is 6.90. The van der Waals surface area contributed by atoms with Crippen molar-refractivity contribution < 1.29 is 14.6 Å². The monoisotopic (exact) mass is 357 g/mol. The van der Waals surface area contributed by atoms with E-state index < -0.39 is 12.1 Å². The van der Waals surface area contributed by atoms with Gasteiger partial charge in [-0.1, -0.05) is 35.5 Å². The Kier molecular flexibility index (Phi) is 4.85. The zero-order chi connectivity index (χ0) is 17.9. The van der Waals surface area contributed by atoms with Crippen molar-refractivity contribution in [1.82, 2.24) is 25.6 Å². The van der Waals surface area contributed by atoms with E-state index >= 15 is 0 Å². The van der Waals surface area contributed by atoms with E-state index in [1.54, 1.807) is 4.68 Å². The van der Waals surface area contributed by atoms with E-state index in [2.05, 4.69) is 20.9 Å². The number of aliphatic hydroxyl groups is 1. The molecule has 0 radical (unpaired) electrons. The fourth-order valence-electron chi connectivity index (χ4n) is 3.28. The van der Waals surface area contributed by atoms with Gasteiger partial charge >= 0.3 is 6.03 Å². The SMILES string of the molecule is O=C(NC1CCC1)N[C@@H]1[C@@H](O)CO[C@@H]1Cn1cc(-c2ccccc2)nn1. The summed E-state index contributed by atoms with van der Waals surface area (Å²) in [5, 5.41) is 24.3. The van der Waals surface area contributed by atoms with Gasteiger partial charge in [-0.05, 0) is 19.3 Å². The Hall–Kier alpha value is -2.45. The molecule has 1 aliphatic heterocycles. The minimum atomic E-state index is -0.732. The number of nitrogens with one attached hydrogen (secondary N) is 2. The van der Waals surface area contributed by atoms with Crippen LogP contribution in [0.1, 0.15) is 19.3 Å². The molecular formula is C18H23N5O3. The minimum absolute atomic E-state index is 0.194. The van der Waals surface area contributed by atoms with Crippen molar-refractivity contribution in [1.29, 1.82) is 0 Å². The van der Waals surface area contributed by atoms with E-state index in [0.29, 0.717) is 6.54 Å². The first-order valence-corrected chi connectivity index (χ1v) is 9.01. The second-order valence-electron chi connectivity index (χ2n) is 6.90. The number of benzene rings is 1. The number of aliphatic hydroxyl groups excluding tert-OH is 1. The summed E-state index contributed by atoms with van der Waals surface area (Å²) in [4.78, 5) is 12.1. The van der Waals surface area contributed by atoms with Crippen molar-refractivity contribution >= 4 is 6.03 Å². The molecule has 2 fully saturated rings. The predicted molar refractivity (Wildman–Crippen MR) is 94.3 cm³/mol. The molecule has 1 aromatic heterocycles. The summed E-state index contributed by atoms with van der Waals surface area (Å²) >= 11 is 0. The zero-order valence-electron chi connectivity index (χ0n) is 14.4. The third-order valence-electron chi connectivity index (χ3n) is 5.01. The highest BCUT2D eigenvalue weighted by Gasteiger charge is 2.38. The topological polar surface area (TPSA) is 101 Å². The molecule has 26 heavy (non-hydrogen) atoms. The quantitative estimate of drug-likeness (QED) is 0.739. The molecule has 0 bridgehead atoms. The van der Waals surface area contributed by atoms with Gasteiger partial charge in [-0.3, -0.25) is 0 Å². The molecule has 1 aromatic carbocycles. The second kappa shape index (κ2) is 7.43. The Morgan fingerprint density at radius 3 is 2.81 bits per heavy atom. The fourth-order valence-corrected chi connectivity index (χ4v) is 3.28. The summed E-state index contributed by atoms with van der Waals surface area (Å²) in [5.74, 6) is 0. The van der Waals surface area contributed by atoms with Crippen LogP contribution in [0.4, 0.5) is 4.79 Å². The lowest BCUT2D eigenvalue weighted by atomic mass is 9.93. The van der Waals surface area contributed by atoms with Gasteiger partial charge in [-0.15, -0.1) is 5.10 Å². The van der Waals surface area contributed by atoms with Crippen LogP contribution in [0.15, 0.2) is 36.5 Å². The molecular weight excluding hydrogens is 334 g/mol. The summed E-state index contributed by atoms with van der Waals surface area (Å²) in [6.45, 7) is 0.602. The maximum Gasteiger partial charge on any atom is 0.315 e. The maximum atomic E-state index is 12.1. The van der Waals surface area contributed by atoms with E-state index in [4.69, 9.17) is 4.74 Å². The number of hydrogen-bond donors (Lipinski definition) is 3. The van der Waals surface area contributed by atoms with Gasteiger partial charge in [0.15, 0.2) is 0 Å². The van der Waals surface area contributed by atoms with Crippen molar-refractivity contribution in [2.24, 2.45) is 0 Å². The number of aromatic nitrogens is 3. The molecule has 3 atom stereocenters. The first kappa shape index (κ1) is 17.0. The van der Waals surface area contributed by atoms with E-state index in [9.17, 15) is 9.90 Å². The van der Waals surface area contributed by atoms with Crippen LogP contribution in [0.2, 0.25) is 0 Å². The van der Waals surface area contributed by atoms with Gasteiger partial charge in [0.25, 0.3) is 0 Å². The summed E-state index contributed by atoms with van der Waals surface area (Å²) in [6.07, 6.45) is 3.93. The molecule has 2 amide bonds. The smallest absolute Gasteiger partial charge is 0.315 e. The molecule has 4 rings (SSSR count). The van der Waals surface area contributed by atoms with Crippen molar-refractivity contribution in [3.8, 4) is 11.3 Å². The Bertz CT molecular complexity index is 746. The number of urea groups is 1. The first-order chi connectivity index (χ1) is 12.7. The molecule has 2 aliphatic rings. The Morgan fingerprint density at radius 1 is 1.27 bits per heavy atom. The number of amides is 2. The van der Waals surface area contributed by atoms with Gasteiger partial charge in [0, 0.05) is 11.6 Å². The Morgan fingerprint density at radius 2 is 2.08 bits per heavy atom. The largest absolute Gasteiger partial charge is 0.388 e. The van der Waals surface area contributed by atoms with E-state index in [-0.39, 0.29) is 24.8 Å². The Balaban J connectivity index is 1.38. The van der Waals surface area contributed by atoms with Crippen molar-refractivity contribution in [2.45, 2.75) is 50.1 Å². The van der Waals surface area contributed by atoms with Crippen LogP contribution < -0.4 is 10.6 Å². The third kappa shape index (κ3) is 3.71. The normalized spacial score (nSPS) is 25.7. The highest BCUT2D eigenvalue weighted by molar-refractivity contribution is 5.74. The van der Waals surface area contributed by atoms with Crippen LogP contribution in [0, 0.1) is 0 Å². The number of ether oxygens (including phenoxy) is 1. The van der Waals surface area contributed by atoms with Gasteiger partial charge in [0.2, 0.25) is 0 Å². The lowest BCUT2D eigenvalue weighted by Gasteiger charge is -2.28. The van der Waals surface area contributed by atoms with Crippen molar-refractivity contribution in [3.63, 3.8) is 0 Å². The van der Waals surface area contributed by atoms with Crippen LogP contribution in [-0.4, -0.2) is 57.0 Å². The zero-order valence-corrected chi connectivity index (χ0v) is 14.4. The third-order valence-corrected chi connectivity index (χ3v) is 5.01. The molecule has 1 saturated heterocycles. The molecule has 0 spiro atoms. The molecule has 2 aromatic rings. The van der Waals surface area contributed by atoms with Gasteiger partial charge in [-0.25, -0.2) is 9.48 Å². The van der Waals surface area contributed by atoms with Gasteiger partial charge in [0.05, 0.1) is 25.4 Å².